The SMILES string of the molecule is [2H]C1CC[C@@]2(C)C(CC[C@H]3[C@@H]4CC[C@H]([C@H](C)CCC)[C@@]4(C)CC[C@@H]32)C1. The van der Waals surface area contributed by atoms with Gasteiger partial charge < -0.3 is 0 Å². The summed E-state index contributed by atoms with van der Waals surface area (Å²) in [7, 11) is 0. The number of fused-ring (bicyclic) bond motifs is 5. The fraction of sp³-hybridized carbons (Fsp3) is 1.00. The minimum absolute atomic E-state index is 0.245. The quantitative estimate of drug-likeness (QED) is 0.503. The highest BCUT2D eigenvalue weighted by molar-refractivity contribution is 5.09. The highest BCUT2D eigenvalue weighted by Gasteiger charge is 2.59. The molecule has 0 aromatic heterocycles. The molecule has 0 N–H and O–H groups in total. The maximum Gasteiger partial charge on any atom is 0.0267 e. The van der Waals surface area contributed by atoms with E-state index in [1.807, 2.05) is 0 Å². The molecule has 0 nitrogen and oxygen atoms in total. The molecule has 2 unspecified atom stereocenters. The van der Waals surface area contributed by atoms with Crippen LogP contribution in [-0.2, 0) is 0 Å². The predicted molar refractivity (Wildman–Crippen MR) is 104 cm³/mol. The van der Waals surface area contributed by atoms with Crippen LogP contribution < -0.4 is 0 Å². The summed E-state index contributed by atoms with van der Waals surface area (Å²) in [5.41, 5.74) is 1.22. The van der Waals surface area contributed by atoms with Crippen LogP contribution in [0.3, 0.4) is 0 Å². The van der Waals surface area contributed by atoms with E-state index in [0.29, 0.717) is 10.8 Å². The van der Waals surface area contributed by atoms with Crippen LogP contribution >= 0.6 is 0 Å². The Hall–Kier alpha value is 0. The second kappa shape index (κ2) is 6.31. The molecule has 0 radical (unpaired) electrons. The molecule has 0 heterocycles. The van der Waals surface area contributed by atoms with Crippen molar-refractivity contribution in [1.29, 1.82) is 0 Å². The van der Waals surface area contributed by atoms with E-state index in [9.17, 15) is 0 Å². The van der Waals surface area contributed by atoms with Crippen molar-refractivity contribution in [3.8, 4) is 0 Å². The lowest BCUT2D eigenvalue weighted by atomic mass is 9.44. The standard InChI is InChI=1S/C24H42/c1-5-8-17(2)20-12-13-21-19-11-10-18-9-6-7-15-23(18,3)22(19)14-16-24(20,21)4/h17-22H,5-16H2,1-4H3/t17-,18?,19+,20-,21+,22+,23+,24-/m1/s1/i6D/t6?,17-,18?,19+,20-,21+,22+,23+,24-. The monoisotopic (exact) mass is 331 g/mol. The third-order valence-corrected chi connectivity index (χ3v) is 9.91. The van der Waals surface area contributed by atoms with Crippen LogP contribution in [0.1, 0.15) is 106 Å². The van der Waals surface area contributed by atoms with Crippen LogP contribution in [-0.4, -0.2) is 0 Å². The molecule has 0 amide bonds. The molecule has 0 spiro atoms. The Morgan fingerprint density at radius 2 is 1.75 bits per heavy atom. The first kappa shape index (κ1) is 16.2. The summed E-state index contributed by atoms with van der Waals surface area (Å²) in [5, 5.41) is 0. The van der Waals surface area contributed by atoms with Gasteiger partial charge in [-0.05, 0) is 97.7 Å². The van der Waals surface area contributed by atoms with Gasteiger partial charge in [-0.15, -0.1) is 0 Å². The Morgan fingerprint density at radius 1 is 0.958 bits per heavy atom. The van der Waals surface area contributed by atoms with Crippen LogP contribution in [0, 0.1) is 46.3 Å². The minimum Gasteiger partial charge on any atom is -0.0654 e. The molecule has 0 heteroatoms. The maximum absolute atomic E-state index is 8.28. The molecule has 138 valence electrons. The van der Waals surface area contributed by atoms with Gasteiger partial charge in [-0.3, -0.25) is 0 Å². The minimum atomic E-state index is 0.245. The van der Waals surface area contributed by atoms with Gasteiger partial charge in [0.25, 0.3) is 0 Å². The van der Waals surface area contributed by atoms with Gasteiger partial charge in [0.05, 0.1) is 0 Å². The van der Waals surface area contributed by atoms with Crippen LogP contribution in [0.4, 0.5) is 0 Å². The number of hydrogen-bond acceptors (Lipinski definition) is 0. The lowest BCUT2D eigenvalue weighted by Crippen LogP contribution is -2.53. The lowest BCUT2D eigenvalue weighted by molar-refractivity contribution is -0.114. The molecule has 24 heavy (non-hydrogen) atoms. The molecule has 4 fully saturated rings. The third kappa shape index (κ3) is 2.44. The first-order chi connectivity index (χ1) is 11.9. The van der Waals surface area contributed by atoms with Crippen LogP contribution in [0.25, 0.3) is 0 Å². The molecular formula is C24H42. The second-order valence-corrected chi connectivity index (χ2v) is 10.7. The molecule has 4 rings (SSSR count). The van der Waals surface area contributed by atoms with E-state index < -0.39 is 0 Å². The van der Waals surface area contributed by atoms with Crippen molar-refractivity contribution in [1.82, 2.24) is 0 Å². The zero-order chi connectivity index (χ0) is 17.8. The van der Waals surface area contributed by atoms with Crippen molar-refractivity contribution in [2.24, 2.45) is 46.3 Å². The zero-order valence-corrected chi connectivity index (χ0v) is 16.8. The molecule has 0 aromatic carbocycles. The van der Waals surface area contributed by atoms with Gasteiger partial charge in [0, 0.05) is 1.37 Å². The molecule has 0 saturated heterocycles. The molecule has 0 bridgehead atoms. The topological polar surface area (TPSA) is 0 Å². The highest BCUT2D eigenvalue weighted by Crippen LogP contribution is 2.68. The molecule has 4 saturated carbocycles. The second-order valence-electron chi connectivity index (χ2n) is 10.7. The fourth-order valence-corrected chi connectivity index (χ4v) is 8.68. The van der Waals surface area contributed by atoms with Gasteiger partial charge in [-0.2, -0.15) is 0 Å². The van der Waals surface area contributed by atoms with E-state index >= 15 is 0 Å². The van der Waals surface area contributed by atoms with Gasteiger partial charge in [0.2, 0.25) is 0 Å². The normalized spacial score (nSPS) is 55.9. The van der Waals surface area contributed by atoms with Crippen LogP contribution in [0.2, 0.25) is 0 Å². The van der Waals surface area contributed by atoms with Crippen molar-refractivity contribution in [2.45, 2.75) is 105 Å². The van der Waals surface area contributed by atoms with E-state index in [-0.39, 0.29) is 6.40 Å². The largest absolute Gasteiger partial charge is 0.0654 e. The summed E-state index contributed by atoms with van der Waals surface area (Å²) in [4.78, 5) is 0. The zero-order valence-electron chi connectivity index (χ0n) is 17.8. The lowest BCUT2D eigenvalue weighted by Gasteiger charge is -2.61. The fourth-order valence-electron chi connectivity index (χ4n) is 8.68. The van der Waals surface area contributed by atoms with E-state index in [0.717, 1.165) is 35.5 Å². The summed E-state index contributed by atoms with van der Waals surface area (Å²) in [5.74, 6) is 5.81. The average Bonchev–Trinajstić information content (AvgIpc) is 2.93. The predicted octanol–water partition coefficient (Wildman–Crippen LogP) is 7.47. The van der Waals surface area contributed by atoms with Crippen molar-refractivity contribution in [3.05, 3.63) is 0 Å². The van der Waals surface area contributed by atoms with E-state index in [1.54, 1.807) is 0 Å². The maximum atomic E-state index is 8.28. The van der Waals surface area contributed by atoms with Gasteiger partial charge in [-0.25, -0.2) is 0 Å². The summed E-state index contributed by atoms with van der Waals surface area (Å²) < 4.78 is 8.28. The third-order valence-electron chi connectivity index (χ3n) is 9.91. The Labute approximate surface area is 153 Å². The number of hydrogen-bond donors (Lipinski definition) is 0. The Bertz CT molecular complexity index is 486. The molecule has 0 aromatic rings. The average molecular weight is 332 g/mol. The van der Waals surface area contributed by atoms with Crippen LogP contribution in [0.15, 0.2) is 0 Å². The summed E-state index contributed by atoms with van der Waals surface area (Å²) in [6, 6.07) is 0. The highest BCUT2D eigenvalue weighted by atomic mass is 14.6. The number of rotatable bonds is 3. The van der Waals surface area contributed by atoms with Gasteiger partial charge >= 0.3 is 0 Å². The Morgan fingerprint density at radius 3 is 2.54 bits per heavy atom. The van der Waals surface area contributed by atoms with Crippen LogP contribution in [0.5, 0.6) is 0 Å². The van der Waals surface area contributed by atoms with E-state index in [2.05, 4.69) is 27.7 Å². The Balaban J connectivity index is 1.56. The van der Waals surface area contributed by atoms with E-state index in [4.69, 9.17) is 1.37 Å². The van der Waals surface area contributed by atoms with Gasteiger partial charge in [0.1, 0.15) is 0 Å². The van der Waals surface area contributed by atoms with Crippen molar-refractivity contribution in [3.63, 3.8) is 0 Å². The first-order valence-corrected chi connectivity index (χ1v) is 11.3. The van der Waals surface area contributed by atoms with Crippen molar-refractivity contribution in [2.75, 3.05) is 0 Å². The molecule has 9 atom stereocenters. The van der Waals surface area contributed by atoms with Gasteiger partial charge in [0.15, 0.2) is 0 Å². The molecule has 4 aliphatic rings. The smallest absolute Gasteiger partial charge is 0.0267 e. The summed E-state index contributed by atoms with van der Waals surface area (Å²) >= 11 is 0. The van der Waals surface area contributed by atoms with Crippen molar-refractivity contribution < 1.29 is 1.37 Å². The molecule has 4 aliphatic carbocycles. The summed E-state index contributed by atoms with van der Waals surface area (Å²) in [6.07, 6.45) is 15.8. The summed E-state index contributed by atoms with van der Waals surface area (Å²) in [6.45, 7) is 10.3. The Kier molecular flexibility index (Phi) is 4.26. The van der Waals surface area contributed by atoms with E-state index in [1.165, 1.54) is 70.6 Å². The first-order valence-electron chi connectivity index (χ1n) is 11.9. The molecular weight excluding hydrogens is 288 g/mol. The van der Waals surface area contributed by atoms with Crippen molar-refractivity contribution >= 4 is 0 Å². The van der Waals surface area contributed by atoms with Gasteiger partial charge in [-0.1, -0.05) is 53.4 Å². The molecule has 0 aliphatic heterocycles.